The van der Waals surface area contributed by atoms with Crippen LogP contribution in [0.2, 0.25) is 0 Å². The fraction of sp³-hybridized carbons (Fsp3) is 0.133. The maximum absolute atomic E-state index is 12.1. The molecule has 0 saturated carbocycles. The molecular weight excluding hydrogens is 300 g/mol. The summed E-state index contributed by atoms with van der Waals surface area (Å²) in [5, 5.41) is 31.7. The van der Waals surface area contributed by atoms with Gasteiger partial charge >= 0.3 is 0 Å². The lowest BCUT2D eigenvalue weighted by Gasteiger charge is -2.10. The second-order valence-electron chi connectivity index (χ2n) is 4.79. The summed E-state index contributed by atoms with van der Waals surface area (Å²) in [6.07, 6.45) is 2.92. The number of benzene rings is 1. The molecule has 0 bridgehead atoms. The Hall–Kier alpha value is -3.29. The first-order valence-corrected chi connectivity index (χ1v) is 6.65. The minimum absolute atomic E-state index is 0.0311. The van der Waals surface area contributed by atoms with Gasteiger partial charge in [-0.05, 0) is 25.1 Å². The maximum atomic E-state index is 12.1. The van der Waals surface area contributed by atoms with Gasteiger partial charge in [-0.15, -0.1) is 0 Å². The van der Waals surface area contributed by atoms with Gasteiger partial charge in [0.1, 0.15) is 12.1 Å². The molecule has 1 aromatic carbocycles. The molecule has 120 valence electrons. The van der Waals surface area contributed by atoms with Crippen molar-refractivity contribution in [3.8, 4) is 11.5 Å². The molecule has 1 aromatic heterocycles. The van der Waals surface area contributed by atoms with E-state index >= 15 is 0 Å². The van der Waals surface area contributed by atoms with E-state index in [2.05, 4.69) is 15.3 Å². The highest BCUT2D eigenvalue weighted by Gasteiger charge is 2.15. The third kappa shape index (κ3) is 3.67. The summed E-state index contributed by atoms with van der Waals surface area (Å²) in [6.45, 7) is 1.60. The Morgan fingerprint density at radius 2 is 2.09 bits per heavy atom. The van der Waals surface area contributed by atoms with Crippen molar-refractivity contribution >= 4 is 17.4 Å². The largest absolute Gasteiger partial charge is 0.507 e. The summed E-state index contributed by atoms with van der Waals surface area (Å²) in [5.74, 6) is -1.83. The molecule has 1 heterocycles. The van der Waals surface area contributed by atoms with Crippen molar-refractivity contribution in [2.75, 3.05) is 5.73 Å². The molecule has 0 aliphatic carbocycles. The molecule has 0 aliphatic rings. The number of hydrogen-bond acceptors (Lipinski definition) is 7. The molecular formula is C15H16N4O4. The van der Waals surface area contributed by atoms with E-state index in [1.165, 1.54) is 19.3 Å². The lowest BCUT2D eigenvalue weighted by Crippen LogP contribution is -2.24. The number of nitrogens with one attached hydrogen (secondary N) is 1. The van der Waals surface area contributed by atoms with E-state index in [1.807, 2.05) is 0 Å². The zero-order valence-corrected chi connectivity index (χ0v) is 12.3. The lowest BCUT2D eigenvalue weighted by atomic mass is 10.1. The van der Waals surface area contributed by atoms with Crippen LogP contribution in [0.4, 0.5) is 5.69 Å². The number of carbonyl (C=O) groups excluding carboxylic acids is 1. The number of rotatable bonds is 4. The van der Waals surface area contributed by atoms with Crippen LogP contribution < -0.4 is 11.1 Å². The Balaban J connectivity index is 2.17. The number of carbonyl (C=O) groups is 1. The van der Waals surface area contributed by atoms with Crippen LogP contribution in [-0.2, 0) is 11.3 Å². The smallest absolute Gasteiger partial charge is 0.250 e. The van der Waals surface area contributed by atoms with E-state index in [4.69, 9.17) is 5.73 Å². The fourth-order valence-corrected chi connectivity index (χ4v) is 1.83. The number of aromatic hydroxyl groups is 2. The third-order valence-electron chi connectivity index (χ3n) is 3.16. The highest BCUT2D eigenvalue weighted by atomic mass is 16.3. The van der Waals surface area contributed by atoms with Gasteiger partial charge in [0.05, 0.1) is 23.5 Å². The minimum atomic E-state index is -0.507. The van der Waals surface area contributed by atoms with Crippen molar-refractivity contribution in [1.82, 2.24) is 15.3 Å². The average molecular weight is 316 g/mol. The Bertz CT molecular complexity index is 736. The van der Waals surface area contributed by atoms with Crippen LogP contribution in [-0.4, -0.2) is 31.2 Å². The van der Waals surface area contributed by atoms with Gasteiger partial charge in [0.15, 0.2) is 11.5 Å². The summed E-state index contributed by atoms with van der Waals surface area (Å²) >= 11 is 0. The number of phenols is 2. The molecule has 0 atom stereocenters. The summed E-state index contributed by atoms with van der Waals surface area (Å²) < 4.78 is 0. The van der Waals surface area contributed by atoms with Gasteiger partial charge in [-0.3, -0.25) is 4.79 Å². The molecule has 2 aromatic rings. The van der Waals surface area contributed by atoms with Crippen LogP contribution in [0, 0.1) is 0 Å². The zero-order chi connectivity index (χ0) is 17.0. The predicted octanol–water partition coefficient (Wildman–Crippen LogP) is 1.08. The summed E-state index contributed by atoms with van der Waals surface area (Å²) in [5.41, 5.74) is 6.17. The molecule has 23 heavy (non-hydrogen) atoms. The van der Waals surface area contributed by atoms with E-state index < -0.39 is 17.4 Å². The van der Waals surface area contributed by atoms with Gasteiger partial charge in [-0.1, -0.05) is 0 Å². The van der Waals surface area contributed by atoms with Crippen LogP contribution >= 0.6 is 0 Å². The van der Waals surface area contributed by atoms with Crippen molar-refractivity contribution in [2.45, 2.75) is 13.5 Å². The molecule has 0 spiro atoms. The van der Waals surface area contributed by atoms with Gasteiger partial charge in [0.25, 0.3) is 5.91 Å². The van der Waals surface area contributed by atoms with Crippen molar-refractivity contribution < 1.29 is 20.1 Å². The first-order valence-electron chi connectivity index (χ1n) is 6.65. The zero-order valence-electron chi connectivity index (χ0n) is 12.3. The van der Waals surface area contributed by atoms with E-state index in [0.29, 0.717) is 5.69 Å². The Morgan fingerprint density at radius 1 is 1.35 bits per heavy atom. The molecule has 1 amide bonds. The fourth-order valence-electron chi connectivity index (χ4n) is 1.83. The Kier molecular flexibility index (Phi) is 4.65. The van der Waals surface area contributed by atoms with E-state index in [-0.39, 0.29) is 29.1 Å². The number of anilines is 1. The first kappa shape index (κ1) is 16.1. The summed E-state index contributed by atoms with van der Waals surface area (Å²) in [4.78, 5) is 19.8. The first-order chi connectivity index (χ1) is 10.9. The number of amides is 1. The molecule has 0 unspecified atom stereocenters. The number of phenolic OH excluding ortho intramolecular Hbond substituents is 2. The minimum Gasteiger partial charge on any atom is -0.507 e. The number of aromatic nitrogens is 2. The number of aliphatic hydroxyl groups is 1. The molecule has 8 heteroatoms. The van der Waals surface area contributed by atoms with Gasteiger partial charge in [-0.2, -0.15) is 0 Å². The van der Waals surface area contributed by atoms with E-state index in [0.717, 1.165) is 6.07 Å². The van der Waals surface area contributed by atoms with Crippen LogP contribution in [0.25, 0.3) is 5.76 Å². The standard InChI is InChI=1S/C15H16N4O4/c1-8(15(23)18-6-10-2-3-17-7-19-10)13(21)9-4-11(16)14(22)12(20)5-9/h2-5,7,20-22H,6,16H2,1H3,(H,18,23)/b13-8-. The highest BCUT2D eigenvalue weighted by molar-refractivity contribution is 5.99. The van der Waals surface area contributed by atoms with Crippen LogP contribution in [0.3, 0.4) is 0 Å². The SMILES string of the molecule is C/C(C(=O)NCc1ccncn1)=C(/O)c1cc(N)c(O)c(O)c1. The molecule has 6 N–H and O–H groups in total. The Morgan fingerprint density at radius 3 is 2.70 bits per heavy atom. The van der Waals surface area contributed by atoms with Crippen molar-refractivity contribution in [1.29, 1.82) is 0 Å². The molecule has 0 aliphatic heterocycles. The number of nitrogen functional groups attached to an aromatic ring is 1. The number of aliphatic hydroxyl groups excluding tert-OH is 1. The Labute approximate surface area is 131 Å². The maximum Gasteiger partial charge on any atom is 0.250 e. The lowest BCUT2D eigenvalue weighted by molar-refractivity contribution is -0.117. The molecule has 0 saturated heterocycles. The molecule has 2 rings (SSSR count). The van der Waals surface area contributed by atoms with E-state index in [1.54, 1.807) is 12.3 Å². The van der Waals surface area contributed by atoms with E-state index in [9.17, 15) is 20.1 Å². The number of nitrogens with zero attached hydrogens (tertiary/aromatic N) is 2. The van der Waals surface area contributed by atoms with Gasteiger partial charge < -0.3 is 26.4 Å². The summed E-state index contributed by atoms with van der Waals surface area (Å²) in [7, 11) is 0. The normalized spacial score (nSPS) is 11.7. The second-order valence-corrected chi connectivity index (χ2v) is 4.79. The number of nitrogens with two attached hydrogens (primary N) is 1. The van der Waals surface area contributed by atoms with Gasteiger partial charge in [-0.25, -0.2) is 9.97 Å². The van der Waals surface area contributed by atoms with Gasteiger partial charge in [0, 0.05) is 11.8 Å². The van der Waals surface area contributed by atoms with Crippen LogP contribution in [0.5, 0.6) is 11.5 Å². The van der Waals surface area contributed by atoms with Crippen molar-refractivity contribution in [3.63, 3.8) is 0 Å². The quantitative estimate of drug-likeness (QED) is 0.246. The van der Waals surface area contributed by atoms with Crippen molar-refractivity contribution in [3.05, 3.63) is 47.6 Å². The molecule has 0 radical (unpaired) electrons. The highest BCUT2D eigenvalue weighted by Crippen LogP contribution is 2.34. The average Bonchev–Trinajstić information content (AvgIpc) is 2.56. The van der Waals surface area contributed by atoms with Crippen LogP contribution in [0.1, 0.15) is 18.2 Å². The van der Waals surface area contributed by atoms with Crippen molar-refractivity contribution in [2.24, 2.45) is 0 Å². The topological polar surface area (TPSA) is 142 Å². The monoisotopic (exact) mass is 316 g/mol. The third-order valence-corrected chi connectivity index (χ3v) is 3.16. The molecule has 0 fully saturated rings. The number of hydrogen-bond donors (Lipinski definition) is 5. The molecule has 8 nitrogen and oxygen atoms in total. The predicted molar refractivity (Wildman–Crippen MR) is 83.3 cm³/mol. The van der Waals surface area contributed by atoms with Gasteiger partial charge in [0.2, 0.25) is 0 Å². The van der Waals surface area contributed by atoms with Crippen LogP contribution in [0.15, 0.2) is 36.3 Å². The second kappa shape index (κ2) is 6.65. The summed E-state index contributed by atoms with van der Waals surface area (Å²) in [6, 6.07) is 4.02.